The predicted octanol–water partition coefficient (Wildman–Crippen LogP) is 3.75. The van der Waals surface area contributed by atoms with Gasteiger partial charge in [-0.05, 0) is 12.8 Å². The van der Waals surface area contributed by atoms with Crippen LogP contribution in [0.1, 0.15) is 61.8 Å². The summed E-state index contributed by atoms with van der Waals surface area (Å²) in [7, 11) is 0. The average Bonchev–Trinajstić information content (AvgIpc) is 2.65. The van der Waals surface area contributed by atoms with Gasteiger partial charge in [0.05, 0.1) is 17.4 Å². The summed E-state index contributed by atoms with van der Waals surface area (Å²) in [6.07, 6.45) is 2.25. The molecule has 1 aromatic heterocycles. The van der Waals surface area contributed by atoms with E-state index in [9.17, 15) is 22.8 Å². The van der Waals surface area contributed by atoms with Gasteiger partial charge < -0.3 is 5.32 Å². The highest BCUT2D eigenvalue weighted by Gasteiger charge is 2.47. The lowest BCUT2D eigenvalue weighted by atomic mass is 9.97. The number of carbonyl (C=O) groups is 1. The summed E-state index contributed by atoms with van der Waals surface area (Å²) in [5.41, 5.74) is -1.13. The van der Waals surface area contributed by atoms with Gasteiger partial charge in [0.2, 0.25) is 5.91 Å². The molecule has 3 rings (SSSR count). The first-order valence-electron chi connectivity index (χ1n) is 8.20. The topological polar surface area (TPSA) is 66.9 Å². The van der Waals surface area contributed by atoms with Gasteiger partial charge in [-0.25, -0.2) is 0 Å². The van der Waals surface area contributed by atoms with Gasteiger partial charge in [-0.15, -0.1) is 11.8 Å². The number of thioether (sulfide) groups is 1. The van der Waals surface area contributed by atoms with Crippen molar-refractivity contribution in [1.82, 2.24) is 9.78 Å². The van der Waals surface area contributed by atoms with Crippen LogP contribution in [0, 0.1) is 0 Å². The second kappa shape index (κ2) is 6.85. The zero-order valence-electron chi connectivity index (χ0n) is 13.1. The van der Waals surface area contributed by atoms with Crippen molar-refractivity contribution in [3.63, 3.8) is 0 Å². The second-order valence-corrected chi connectivity index (χ2v) is 7.45. The van der Waals surface area contributed by atoms with Crippen LogP contribution in [-0.2, 0) is 4.79 Å². The minimum Gasteiger partial charge on any atom is -0.310 e. The first-order valence-corrected chi connectivity index (χ1v) is 9.25. The Hall–Kier alpha value is -1.38. The number of amides is 1. The molecular formula is C15H20F3N3O2S. The van der Waals surface area contributed by atoms with Crippen LogP contribution in [0.4, 0.5) is 19.0 Å². The van der Waals surface area contributed by atoms with Gasteiger partial charge in [-0.2, -0.15) is 13.2 Å². The molecule has 134 valence electrons. The molecule has 5 nitrogen and oxygen atoms in total. The Morgan fingerprint density at radius 1 is 1.04 bits per heavy atom. The van der Waals surface area contributed by atoms with Crippen molar-refractivity contribution in [2.45, 2.75) is 62.4 Å². The number of halogens is 3. The van der Waals surface area contributed by atoms with E-state index in [-0.39, 0.29) is 23.2 Å². The number of alkyl halides is 3. The predicted molar refractivity (Wildman–Crippen MR) is 86.3 cm³/mol. The number of H-pyrrole nitrogens is 1. The summed E-state index contributed by atoms with van der Waals surface area (Å²) in [5.74, 6) is -0.822. The zero-order chi connectivity index (χ0) is 17.3. The van der Waals surface area contributed by atoms with Crippen molar-refractivity contribution < 1.29 is 18.0 Å². The highest BCUT2D eigenvalue weighted by molar-refractivity contribution is 8.00. The number of hydrogen-bond donors (Lipinski definition) is 2. The third-order valence-electron chi connectivity index (χ3n) is 4.60. The number of aromatic nitrogens is 2. The maximum absolute atomic E-state index is 13.4. The first-order chi connectivity index (χ1) is 11.4. The summed E-state index contributed by atoms with van der Waals surface area (Å²) < 4.78 is 41.5. The van der Waals surface area contributed by atoms with Crippen LogP contribution in [0.3, 0.4) is 0 Å². The van der Waals surface area contributed by atoms with Gasteiger partial charge in [-0.3, -0.25) is 19.4 Å². The van der Waals surface area contributed by atoms with E-state index in [4.69, 9.17) is 0 Å². The van der Waals surface area contributed by atoms with Gasteiger partial charge in [-0.1, -0.05) is 32.1 Å². The fourth-order valence-corrected chi connectivity index (χ4v) is 4.43. The number of anilines is 1. The Morgan fingerprint density at radius 2 is 1.67 bits per heavy atom. The number of hydrogen-bond acceptors (Lipinski definition) is 3. The summed E-state index contributed by atoms with van der Waals surface area (Å²) >= 11 is 0.453. The van der Waals surface area contributed by atoms with E-state index >= 15 is 0 Å². The molecule has 1 aromatic rings. The molecular weight excluding hydrogens is 343 g/mol. The first kappa shape index (κ1) is 17.4. The van der Waals surface area contributed by atoms with Crippen molar-refractivity contribution >= 4 is 23.5 Å². The summed E-state index contributed by atoms with van der Waals surface area (Å²) in [5, 5.41) is 3.09. The minimum atomic E-state index is -4.58. The molecule has 1 aliphatic carbocycles. The molecule has 24 heavy (non-hydrogen) atoms. The monoisotopic (exact) mass is 363 g/mol. The number of nitrogens with one attached hydrogen (secondary N) is 2. The molecule has 0 radical (unpaired) electrons. The fraction of sp³-hybridized carbons (Fsp3) is 0.733. The molecule has 2 heterocycles. The number of nitrogens with zero attached hydrogens (tertiary/aromatic N) is 1. The van der Waals surface area contributed by atoms with E-state index in [0.717, 1.165) is 44.9 Å². The van der Waals surface area contributed by atoms with Crippen LogP contribution < -0.4 is 10.9 Å². The molecule has 0 aromatic carbocycles. The average molecular weight is 363 g/mol. The van der Waals surface area contributed by atoms with Crippen LogP contribution in [0.5, 0.6) is 0 Å². The highest BCUT2D eigenvalue weighted by atomic mass is 32.2. The Balaban J connectivity index is 2.03. The molecule has 1 fully saturated rings. The molecule has 2 N–H and O–H groups in total. The van der Waals surface area contributed by atoms with Crippen LogP contribution in [0.2, 0.25) is 0 Å². The van der Waals surface area contributed by atoms with Gasteiger partial charge in [0.15, 0.2) is 0 Å². The van der Waals surface area contributed by atoms with E-state index in [1.54, 1.807) is 0 Å². The van der Waals surface area contributed by atoms with Crippen molar-refractivity contribution in [1.29, 1.82) is 0 Å². The molecule has 9 heteroatoms. The van der Waals surface area contributed by atoms with Gasteiger partial charge in [0.1, 0.15) is 11.1 Å². The summed E-state index contributed by atoms with van der Waals surface area (Å²) in [4.78, 5) is 24.1. The molecule has 1 saturated carbocycles. The third kappa shape index (κ3) is 3.50. The fourth-order valence-electron chi connectivity index (χ4n) is 3.47. The van der Waals surface area contributed by atoms with Crippen LogP contribution in [-0.4, -0.2) is 27.6 Å². The smallest absolute Gasteiger partial charge is 0.310 e. The minimum absolute atomic E-state index is 0.00268. The summed E-state index contributed by atoms with van der Waals surface area (Å²) in [6.45, 7) is 0. The van der Waals surface area contributed by atoms with E-state index < -0.39 is 22.9 Å². The van der Waals surface area contributed by atoms with Crippen molar-refractivity contribution in [2.24, 2.45) is 0 Å². The van der Waals surface area contributed by atoms with Gasteiger partial charge in [0, 0.05) is 0 Å². The standard InChI is InChI=1S/C15H20F3N3O2S/c16-15(17,18)12-11-13(19-10(22)8-24-12)21(20-14(11)23)9-6-4-2-1-3-5-7-9/h9,12H,1-8H2,(H,19,22)(H,20,23). The normalized spacial score (nSPS) is 23.8. The largest absolute Gasteiger partial charge is 0.404 e. The molecule has 1 amide bonds. The zero-order valence-corrected chi connectivity index (χ0v) is 13.9. The molecule has 0 saturated heterocycles. The lowest BCUT2D eigenvalue weighted by molar-refractivity contribution is -0.129. The van der Waals surface area contributed by atoms with Crippen molar-refractivity contribution in [3.05, 3.63) is 15.9 Å². The lowest BCUT2D eigenvalue weighted by Gasteiger charge is -2.23. The Kier molecular flexibility index (Phi) is 4.98. The number of carbonyl (C=O) groups excluding carboxylic acids is 1. The Morgan fingerprint density at radius 3 is 2.29 bits per heavy atom. The van der Waals surface area contributed by atoms with Crippen molar-refractivity contribution in [2.75, 3.05) is 11.1 Å². The second-order valence-electron chi connectivity index (χ2n) is 6.35. The number of fused-ring (bicyclic) bond motifs is 1. The SMILES string of the molecule is O=C1CSC(C(F)(F)F)c2c(n(C3CCCCCCC3)[nH]c2=O)N1. The number of aromatic amines is 1. The number of rotatable bonds is 1. The maximum atomic E-state index is 13.4. The Bertz CT molecular complexity index is 660. The summed E-state index contributed by atoms with van der Waals surface area (Å²) in [6, 6.07) is -0.0842. The van der Waals surface area contributed by atoms with Crippen LogP contribution >= 0.6 is 11.8 Å². The molecule has 0 spiro atoms. The van der Waals surface area contributed by atoms with Crippen molar-refractivity contribution in [3.8, 4) is 0 Å². The van der Waals surface area contributed by atoms with E-state index in [2.05, 4.69) is 10.4 Å². The van der Waals surface area contributed by atoms with E-state index in [1.807, 2.05) is 0 Å². The van der Waals surface area contributed by atoms with Crippen LogP contribution in [0.15, 0.2) is 4.79 Å². The Labute approximate surface area is 141 Å². The van der Waals surface area contributed by atoms with Gasteiger partial charge in [0.25, 0.3) is 5.56 Å². The third-order valence-corrected chi connectivity index (χ3v) is 5.87. The van der Waals surface area contributed by atoms with E-state index in [1.165, 1.54) is 4.68 Å². The molecule has 0 bridgehead atoms. The maximum Gasteiger partial charge on any atom is 0.404 e. The molecule has 2 aliphatic rings. The quantitative estimate of drug-likeness (QED) is 0.799. The molecule has 1 aliphatic heterocycles. The van der Waals surface area contributed by atoms with E-state index in [0.29, 0.717) is 11.8 Å². The van der Waals surface area contributed by atoms with Gasteiger partial charge >= 0.3 is 6.18 Å². The highest BCUT2D eigenvalue weighted by Crippen LogP contribution is 2.46. The van der Waals surface area contributed by atoms with Crippen LogP contribution in [0.25, 0.3) is 0 Å². The molecule has 1 unspecified atom stereocenters. The lowest BCUT2D eigenvalue weighted by Crippen LogP contribution is -2.23. The molecule has 1 atom stereocenters.